The molecular formula is C15H19N3O3. The van der Waals surface area contributed by atoms with Crippen molar-refractivity contribution in [3.63, 3.8) is 0 Å². The first kappa shape index (κ1) is 15.0. The number of imide groups is 1. The van der Waals surface area contributed by atoms with E-state index in [9.17, 15) is 14.4 Å². The molecule has 21 heavy (non-hydrogen) atoms. The number of nitrogens with zero attached hydrogens (tertiary/aromatic N) is 1. The van der Waals surface area contributed by atoms with E-state index in [0.29, 0.717) is 12.1 Å². The smallest absolute Gasteiger partial charge is 0.325 e. The molecule has 1 aliphatic rings. The van der Waals surface area contributed by atoms with Gasteiger partial charge in [0.25, 0.3) is 5.91 Å². The third kappa shape index (κ3) is 3.04. The van der Waals surface area contributed by atoms with Gasteiger partial charge in [-0.2, -0.15) is 0 Å². The number of hydrogen-bond donors (Lipinski definition) is 2. The number of carbonyl (C=O) groups excluding carboxylic acids is 3. The van der Waals surface area contributed by atoms with Crippen molar-refractivity contribution in [2.24, 2.45) is 0 Å². The largest absolute Gasteiger partial charge is 0.325 e. The molecule has 0 saturated carbocycles. The zero-order valence-electron chi connectivity index (χ0n) is 12.4. The van der Waals surface area contributed by atoms with Crippen molar-refractivity contribution < 1.29 is 14.4 Å². The molecule has 1 fully saturated rings. The third-order valence-electron chi connectivity index (χ3n) is 3.69. The zero-order chi connectivity index (χ0) is 15.6. The highest BCUT2D eigenvalue weighted by Gasteiger charge is 2.46. The molecule has 1 heterocycles. The van der Waals surface area contributed by atoms with E-state index >= 15 is 0 Å². The quantitative estimate of drug-likeness (QED) is 0.827. The summed E-state index contributed by atoms with van der Waals surface area (Å²) in [5.74, 6) is -0.767. The second-order valence-corrected chi connectivity index (χ2v) is 5.42. The Morgan fingerprint density at radius 3 is 2.43 bits per heavy atom. The minimum absolute atomic E-state index is 0.284. The third-order valence-corrected chi connectivity index (χ3v) is 3.69. The Labute approximate surface area is 123 Å². The van der Waals surface area contributed by atoms with Gasteiger partial charge >= 0.3 is 6.03 Å². The van der Waals surface area contributed by atoms with Gasteiger partial charge in [0, 0.05) is 5.69 Å². The van der Waals surface area contributed by atoms with Crippen LogP contribution < -0.4 is 10.6 Å². The maximum atomic E-state index is 12.2. The molecule has 4 amide bonds. The lowest BCUT2D eigenvalue weighted by Crippen LogP contribution is -2.44. The maximum Gasteiger partial charge on any atom is 0.325 e. The average molecular weight is 289 g/mol. The van der Waals surface area contributed by atoms with Crippen LogP contribution in [0.25, 0.3) is 0 Å². The minimum Gasteiger partial charge on any atom is -0.325 e. The van der Waals surface area contributed by atoms with Crippen LogP contribution in [0, 0.1) is 6.92 Å². The molecule has 1 aliphatic heterocycles. The van der Waals surface area contributed by atoms with Gasteiger partial charge < -0.3 is 10.6 Å². The number of anilines is 1. The van der Waals surface area contributed by atoms with Gasteiger partial charge in [-0.25, -0.2) is 4.79 Å². The van der Waals surface area contributed by atoms with Crippen molar-refractivity contribution in [2.45, 2.75) is 32.7 Å². The Morgan fingerprint density at radius 2 is 1.90 bits per heavy atom. The summed E-state index contributed by atoms with van der Waals surface area (Å²) in [5, 5.41) is 5.28. The average Bonchev–Trinajstić information content (AvgIpc) is 2.66. The molecule has 0 radical (unpaired) electrons. The van der Waals surface area contributed by atoms with Crippen molar-refractivity contribution >= 4 is 23.5 Å². The maximum absolute atomic E-state index is 12.2. The predicted octanol–water partition coefficient (Wildman–Crippen LogP) is 1.65. The summed E-state index contributed by atoms with van der Waals surface area (Å²) in [6.07, 6.45) is 0.480. The van der Waals surface area contributed by atoms with Crippen molar-refractivity contribution in [1.29, 1.82) is 0 Å². The summed E-state index contributed by atoms with van der Waals surface area (Å²) in [6, 6.07) is 6.77. The van der Waals surface area contributed by atoms with E-state index in [2.05, 4.69) is 10.6 Å². The van der Waals surface area contributed by atoms with Crippen LogP contribution in [0.4, 0.5) is 10.5 Å². The summed E-state index contributed by atoms with van der Waals surface area (Å²) >= 11 is 0. The molecular weight excluding hydrogens is 270 g/mol. The molecule has 6 heteroatoms. The second kappa shape index (κ2) is 5.55. The Balaban J connectivity index is 2.01. The lowest BCUT2D eigenvalue weighted by atomic mass is 9.99. The van der Waals surface area contributed by atoms with Crippen LogP contribution >= 0.6 is 0 Å². The standard InChI is InChI=1S/C15H19N3O3/c1-4-15(3)13(20)18(14(21)17-15)9-12(19)16-11-7-5-10(2)6-8-11/h5-8H,4,9H2,1-3H3,(H,16,19)(H,17,21)/t15-/m0/s1. The number of aryl methyl sites for hydroxylation is 1. The Kier molecular flexibility index (Phi) is 3.97. The molecule has 0 spiro atoms. The van der Waals surface area contributed by atoms with Gasteiger partial charge in [-0.05, 0) is 32.4 Å². The lowest BCUT2D eigenvalue weighted by molar-refractivity contribution is -0.133. The second-order valence-electron chi connectivity index (χ2n) is 5.42. The molecule has 6 nitrogen and oxygen atoms in total. The monoisotopic (exact) mass is 289 g/mol. The van der Waals surface area contributed by atoms with Crippen LogP contribution in [0.15, 0.2) is 24.3 Å². The summed E-state index contributed by atoms with van der Waals surface area (Å²) < 4.78 is 0. The van der Waals surface area contributed by atoms with E-state index in [0.717, 1.165) is 10.5 Å². The van der Waals surface area contributed by atoms with Crippen LogP contribution in [0.1, 0.15) is 25.8 Å². The molecule has 0 aromatic heterocycles. The van der Waals surface area contributed by atoms with E-state index in [1.807, 2.05) is 26.0 Å². The molecule has 1 saturated heterocycles. The summed E-state index contributed by atoms with van der Waals surface area (Å²) in [5.41, 5.74) is 0.804. The first-order valence-electron chi connectivity index (χ1n) is 6.86. The summed E-state index contributed by atoms with van der Waals surface area (Å²) in [7, 11) is 0. The highest BCUT2D eigenvalue weighted by Crippen LogP contribution is 2.20. The molecule has 112 valence electrons. The van der Waals surface area contributed by atoms with Gasteiger partial charge in [0.15, 0.2) is 0 Å². The predicted molar refractivity (Wildman–Crippen MR) is 78.7 cm³/mol. The van der Waals surface area contributed by atoms with Gasteiger partial charge in [-0.3, -0.25) is 14.5 Å². The van der Waals surface area contributed by atoms with Gasteiger partial charge in [0.1, 0.15) is 12.1 Å². The van der Waals surface area contributed by atoms with E-state index in [-0.39, 0.29) is 12.5 Å². The fraction of sp³-hybridized carbons (Fsp3) is 0.400. The molecule has 1 atom stereocenters. The fourth-order valence-corrected chi connectivity index (χ4v) is 2.11. The summed E-state index contributed by atoms with van der Waals surface area (Å²) in [6.45, 7) is 5.14. The van der Waals surface area contributed by atoms with E-state index in [4.69, 9.17) is 0 Å². The molecule has 1 aromatic rings. The number of hydrogen-bond acceptors (Lipinski definition) is 3. The number of nitrogens with one attached hydrogen (secondary N) is 2. The van der Waals surface area contributed by atoms with Crippen molar-refractivity contribution in [1.82, 2.24) is 10.2 Å². The Bertz CT molecular complexity index is 582. The zero-order valence-corrected chi connectivity index (χ0v) is 12.4. The van der Waals surface area contributed by atoms with Crippen molar-refractivity contribution in [3.8, 4) is 0 Å². The molecule has 0 unspecified atom stereocenters. The molecule has 2 rings (SSSR count). The van der Waals surface area contributed by atoms with Crippen LogP contribution in [0.3, 0.4) is 0 Å². The van der Waals surface area contributed by atoms with E-state index in [1.165, 1.54) is 0 Å². The topological polar surface area (TPSA) is 78.5 Å². The van der Waals surface area contributed by atoms with Crippen LogP contribution in [-0.2, 0) is 9.59 Å². The molecule has 0 bridgehead atoms. The molecule has 0 aliphatic carbocycles. The van der Waals surface area contributed by atoms with Gasteiger partial charge in [0.2, 0.25) is 5.91 Å². The van der Waals surface area contributed by atoms with Crippen LogP contribution in [0.2, 0.25) is 0 Å². The van der Waals surface area contributed by atoms with Crippen molar-refractivity contribution in [2.75, 3.05) is 11.9 Å². The Hall–Kier alpha value is -2.37. The fourth-order valence-electron chi connectivity index (χ4n) is 2.11. The van der Waals surface area contributed by atoms with Gasteiger partial charge in [-0.1, -0.05) is 24.6 Å². The highest BCUT2D eigenvalue weighted by molar-refractivity contribution is 6.09. The SMILES string of the molecule is CC[C@]1(C)NC(=O)N(CC(=O)Nc2ccc(C)cc2)C1=O. The number of carbonyl (C=O) groups is 3. The van der Waals surface area contributed by atoms with Crippen molar-refractivity contribution in [3.05, 3.63) is 29.8 Å². The highest BCUT2D eigenvalue weighted by atomic mass is 16.2. The van der Waals surface area contributed by atoms with Crippen LogP contribution in [-0.4, -0.2) is 34.8 Å². The molecule has 1 aromatic carbocycles. The first-order valence-corrected chi connectivity index (χ1v) is 6.86. The normalized spacial score (nSPS) is 21.4. The number of amides is 4. The van der Waals surface area contributed by atoms with Crippen LogP contribution in [0.5, 0.6) is 0 Å². The lowest BCUT2D eigenvalue weighted by Gasteiger charge is -2.19. The number of rotatable bonds is 4. The Morgan fingerprint density at radius 1 is 1.29 bits per heavy atom. The molecule has 2 N–H and O–H groups in total. The van der Waals surface area contributed by atoms with E-state index in [1.54, 1.807) is 19.1 Å². The minimum atomic E-state index is -0.915. The number of benzene rings is 1. The number of urea groups is 1. The van der Waals surface area contributed by atoms with Gasteiger partial charge in [-0.15, -0.1) is 0 Å². The van der Waals surface area contributed by atoms with E-state index < -0.39 is 17.5 Å². The first-order chi connectivity index (χ1) is 9.85. The van der Waals surface area contributed by atoms with Gasteiger partial charge in [0.05, 0.1) is 0 Å². The summed E-state index contributed by atoms with van der Waals surface area (Å²) in [4.78, 5) is 36.9.